The van der Waals surface area contributed by atoms with Crippen molar-refractivity contribution in [3.8, 4) is 0 Å². The van der Waals surface area contributed by atoms with Gasteiger partial charge >= 0.3 is 5.97 Å². The molecule has 0 saturated heterocycles. The van der Waals surface area contributed by atoms with Crippen molar-refractivity contribution in [3.05, 3.63) is 34.9 Å². The van der Waals surface area contributed by atoms with E-state index in [1.165, 1.54) is 13.2 Å². The highest BCUT2D eigenvalue weighted by Gasteiger charge is 2.16. The summed E-state index contributed by atoms with van der Waals surface area (Å²) in [6.45, 7) is 5.70. The first kappa shape index (κ1) is 15.1. The van der Waals surface area contributed by atoms with Crippen molar-refractivity contribution in [3.63, 3.8) is 0 Å². The van der Waals surface area contributed by atoms with E-state index in [0.717, 1.165) is 5.56 Å². The van der Waals surface area contributed by atoms with Crippen LogP contribution in [0.25, 0.3) is 0 Å². The standard InChI is InChI=1S/C15H19NO3/c1-5-13(17)14(16)11-6-10(9(2)3)7-12(8-11)15(18)19-4/h6-9,16H,5H2,1-4H3. The van der Waals surface area contributed by atoms with E-state index in [1.807, 2.05) is 13.8 Å². The van der Waals surface area contributed by atoms with Gasteiger partial charge in [0.15, 0.2) is 5.78 Å². The summed E-state index contributed by atoms with van der Waals surface area (Å²) in [4.78, 5) is 23.2. The fourth-order valence-corrected chi connectivity index (χ4v) is 1.70. The SMILES string of the molecule is CCC(=O)C(=N)c1cc(C(=O)OC)cc(C(C)C)c1. The van der Waals surface area contributed by atoms with Crippen molar-refractivity contribution in [2.75, 3.05) is 7.11 Å². The number of ether oxygens (including phenoxy) is 1. The third-order valence-electron chi connectivity index (χ3n) is 2.93. The van der Waals surface area contributed by atoms with Gasteiger partial charge in [0.1, 0.15) is 5.71 Å². The largest absolute Gasteiger partial charge is 0.465 e. The third-order valence-corrected chi connectivity index (χ3v) is 2.93. The van der Waals surface area contributed by atoms with Gasteiger partial charge in [-0.2, -0.15) is 0 Å². The minimum Gasteiger partial charge on any atom is -0.465 e. The molecule has 1 N–H and O–H groups in total. The monoisotopic (exact) mass is 261 g/mol. The second-order valence-electron chi connectivity index (χ2n) is 4.64. The first-order valence-electron chi connectivity index (χ1n) is 6.26. The average Bonchev–Trinajstić information content (AvgIpc) is 2.43. The van der Waals surface area contributed by atoms with Crippen LogP contribution in [-0.4, -0.2) is 24.6 Å². The van der Waals surface area contributed by atoms with Gasteiger partial charge in [-0.1, -0.05) is 20.8 Å². The Hall–Kier alpha value is -1.97. The molecule has 0 aromatic heterocycles. The maximum absolute atomic E-state index is 11.6. The summed E-state index contributed by atoms with van der Waals surface area (Å²) in [5.41, 5.74) is 1.69. The Kier molecular flexibility index (Phi) is 4.98. The Morgan fingerprint density at radius 3 is 2.26 bits per heavy atom. The molecule has 0 atom stereocenters. The number of methoxy groups -OCH3 is 1. The molecule has 0 saturated carbocycles. The number of carbonyl (C=O) groups excluding carboxylic acids is 2. The molecule has 1 rings (SSSR count). The highest BCUT2D eigenvalue weighted by Crippen LogP contribution is 2.20. The number of Topliss-reactive ketones (excluding diaryl/α,β-unsaturated/α-hetero) is 1. The molecule has 4 heteroatoms. The molecule has 0 bridgehead atoms. The molecule has 0 fully saturated rings. The van der Waals surface area contributed by atoms with Gasteiger partial charge in [-0.25, -0.2) is 4.79 Å². The van der Waals surface area contributed by atoms with E-state index >= 15 is 0 Å². The van der Waals surface area contributed by atoms with Gasteiger partial charge in [0.05, 0.1) is 12.7 Å². The summed E-state index contributed by atoms with van der Waals surface area (Å²) in [7, 11) is 1.31. The summed E-state index contributed by atoms with van der Waals surface area (Å²) < 4.78 is 4.70. The second-order valence-corrected chi connectivity index (χ2v) is 4.64. The van der Waals surface area contributed by atoms with E-state index < -0.39 is 5.97 Å². The average molecular weight is 261 g/mol. The van der Waals surface area contributed by atoms with Gasteiger partial charge in [0.25, 0.3) is 0 Å². The van der Waals surface area contributed by atoms with E-state index in [4.69, 9.17) is 10.1 Å². The number of nitrogens with one attached hydrogen (secondary N) is 1. The van der Waals surface area contributed by atoms with E-state index in [9.17, 15) is 9.59 Å². The van der Waals surface area contributed by atoms with E-state index in [2.05, 4.69) is 0 Å². The Bertz CT molecular complexity index is 518. The summed E-state index contributed by atoms with van der Waals surface area (Å²) in [6.07, 6.45) is 0.276. The van der Waals surface area contributed by atoms with Crippen LogP contribution in [0.5, 0.6) is 0 Å². The predicted molar refractivity (Wildman–Crippen MR) is 74.0 cm³/mol. The summed E-state index contributed by atoms with van der Waals surface area (Å²) in [5.74, 6) is -0.495. The lowest BCUT2D eigenvalue weighted by Crippen LogP contribution is -2.15. The van der Waals surface area contributed by atoms with Crippen LogP contribution in [0.1, 0.15) is 54.6 Å². The fraction of sp³-hybridized carbons (Fsp3) is 0.400. The molecule has 0 heterocycles. The van der Waals surface area contributed by atoms with Crippen molar-refractivity contribution >= 4 is 17.5 Å². The number of hydrogen-bond acceptors (Lipinski definition) is 4. The molecule has 0 spiro atoms. The van der Waals surface area contributed by atoms with Crippen molar-refractivity contribution < 1.29 is 14.3 Å². The van der Waals surface area contributed by atoms with Crippen molar-refractivity contribution in [1.29, 1.82) is 5.41 Å². The van der Waals surface area contributed by atoms with Crippen LogP contribution >= 0.6 is 0 Å². The highest BCUT2D eigenvalue weighted by atomic mass is 16.5. The normalized spacial score (nSPS) is 10.4. The van der Waals surface area contributed by atoms with Crippen molar-refractivity contribution in [2.45, 2.75) is 33.1 Å². The van der Waals surface area contributed by atoms with Crippen LogP contribution in [0.2, 0.25) is 0 Å². The number of ketones is 1. The molecule has 1 aromatic carbocycles. The van der Waals surface area contributed by atoms with Gasteiger partial charge < -0.3 is 4.74 Å². The lowest BCUT2D eigenvalue weighted by Gasteiger charge is -2.11. The van der Waals surface area contributed by atoms with Crippen LogP contribution in [0.3, 0.4) is 0 Å². The fourth-order valence-electron chi connectivity index (χ4n) is 1.70. The molecule has 19 heavy (non-hydrogen) atoms. The van der Waals surface area contributed by atoms with Crippen LogP contribution < -0.4 is 0 Å². The van der Waals surface area contributed by atoms with Gasteiger partial charge in [-0.15, -0.1) is 0 Å². The van der Waals surface area contributed by atoms with Crippen LogP contribution in [0.4, 0.5) is 0 Å². The predicted octanol–water partition coefficient (Wildman–Crippen LogP) is 2.94. The molecular formula is C15H19NO3. The number of esters is 1. The molecular weight excluding hydrogens is 242 g/mol. The maximum Gasteiger partial charge on any atom is 0.337 e. The molecule has 0 unspecified atom stereocenters. The van der Waals surface area contributed by atoms with Crippen molar-refractivity contribution in [1.82, 2.24) is 0 Å². The molecule has 0 amide bonds. The van der Waals surface area contributed by atoms with E-state index in [1.54, 1.807) is 19.1 Å². The summed E-state index contributed by atoms with van der Waals surface area (Å²) >= 11 is 0. The van der Waals surface area contributed by atoms with Gasteiger partial charge in [0.2, 0.25) is 0 Å². The lowest BCUT2D eigenvalue weighted by molar-refractivity contribution is -0.112. The third kappa shape index (κ3) is 3.50. The van der Waals surface area contributed by atoms with Crippen LogP contribution in [-0.2, 0) is 9.53 Å². The molecule has 0 aliphatic heterocycles. The Balaban J connectivity index is 3.32. The molecule has 1 aromatic rings. The smallest absolute Gasteiger partial charge is 0.337 e. The van der Waals surface area contributed by atoms with Crippen molar-refractivity contribution in [2.24, 2.45) is 0 Å². The molecule has 102 valence electrons. The Morgan fingerprint density at radius 1 is 1.21 bits per heavy atom. The zero-order chi connectivity index (χ0) is 14.6. The zero-order valence-electron chi connectivity index (χ0n) is 11.7. The maximum atomic E-state index is 11.6. The molecule has 4 nitrogen and oxygen atoms in total. The Morgan fingerprint density at radius 2 is 1.79 bits per heavy atom. The number of benzene rings is 1. The second kappa shape index (κ2) is 6.27. The lowest BCUT2D eigenvalue weighted by atomic mass is 9.94. The van der Waals surface area contributed by atoms with Gasteiger partial charge in [0, 0.05) is 12.0 Å². The van der Waals surface area contributed by atoms with Gasteiger partial charge in [-0.3, -0.25) is 10.2 Å². The number of hydrogen-bond donors (Lipinski definition) is 1. The zero-order valence-corrected chi connectivity index (χ0v) is 11.7. The van der Waals surface area contributed by atoms with Gasteiger partial charge in [-0.05, 0) is 29.7 Å². The topological polar surface area (TPSA) is 67.2 Å². The summed E-state index contributed by atoms with van der Waals surface area (Å²) in [5, 5.41) is 7.87. The van der Waals surface area contributed by atoms with E-state index in [0.29, 0.717) is 11.1 Å². The minimum absolute atomic E-state index is 0.0600. The van der Waals surface area contributed by atoms with Crippen LogP contribution in [0.15, 0.2) is 18.2 Å². The van der Waals surface area contributed by atoms with E-state index in [-0.39, 0.29) is 23.8 Å². The Labute approximate surface area is 113 Å². The molecule has 0 aliphatic rings. The number of carbonyl (C=O) groups is 2. The number of rotatable bonds is 5. The van der Waals surface area contributed by atoms with Crippen LogP contribution in [0, 0.1) is 5.41 Å². The molecule has 0 aliphatic carbocycles. The first-order chi connectivity index (χ1) is 8.90. The first-order valence-corrected chi connectivity index (χ1v) is 6.26. The highest BCUT2D eigenvalue weighted by molar-refractivity contribution is 6.45. The quantitative estimate of drug-likeness (QED) is 0.654. The summed E-state index contributed by atoms with van der Waals surface area (Å²) in [6, 6.07) is 5.06. The molecule has 0 radical (unpaired) electrons. The minimum atomic E-state index is -0.458.